The van der Waals surface area contributed by atoms with E-state index in [2.05, 4.69) is 90.1 Å². The number of hydrogen-bond donors (Lipinski definition) is 3. The molecule has 0 spiro atoms. The van der Waals surface area contributed by atoms with Crippen LogP contribution in [0.4, 0.5) is 11.4 Å². The number of nitrogens with zero attached hydrogens (tertiary/aromatic N) is 3. The lowest BCUT2D eigenvalue weighted by Crippen LogP contribution is -2.39. The predicted molar refractivity (Wildman–Crippen MR) is 273 cm³/mol. The number of phenolic OH excluding ortho intramolecular Hbond substituents is 1. The predicted octanol–water partition coefficient (Wildman–Crippen LogP) is 11.7. The summed E-state index contributed by atoms with van der Waals surface area (Å²) in [7, 11) is 1.64. The molecular weight excluding hydrogens is 859 g/mol. The van der Waals surface area contributed by atoms with Crippen molar-refractivity contribution in [3.05, 3.63) is 215 Å². The summed E-state index contributed by atoms with van der Waals surface area (Å²) < 4.78 is 7.84. The molecular formula is C60H54N3O6+. The Morgan fingerprint density at radius 3 is 2.22 bits per heavy atom. The summed E-state index contributed by atoms with van der Waals surface area (Å²) in [5, 5.41) is 45.6. The van der Waals surface area contributed by atoms with Crippen molar-refractivity contribution in [3.8, 4) is 17.6 Å². The summed E-state index contributed by atoms with van der Waals surface area (Å²) in [6.07, 6.45) is 9.10. The molecule has 0 aromatic heterocycles. The van der Waals surface area contributed by atoms with Gasteiger partial charge in [0.15, 0.2) is 12.3 Å². The Labute approximate surface area is 402 Å². The fourth-order valence-corrected chi connectivity index (χ4v) is 10.8. The van der Waals surface area contributed by atoms with Gasteiger partial charge >= 0.3 is 11.9 Å². The van der Waals surface area contributed by atoms with Crippen molar-refractivity contribution < 1.29 is 34.2 Å². The van der Waals surface area contributed by atoms with E-state index in [1.54, 1.807) is 25.3 Å². The number of allylic oxidation sites excluding steroid dienone is 6. The van der Waals surface area contributed by atoms with Crippen molar-refractivity contribution in [2.75, 3.05) is 25.1 Å². The number of para-hydroxylation sites is 1. The number of anilines is 1. The van der Waals surface area contributed by atoms with Gasteiger partial charge in [0.2, 0.25) is 5.69 Å². The van der Waals surface area contributed by atoms with Crippen molar-refractivity contribution >= 4 is 50.6 Å². The van der Waals surface area contributed by atoms with Crippen LogP contribution in [-0.2, 0) is 39.7 Å². The number of methoxy groups -OCH3 is 1. The number of fused-ring (bicyclic) bond motifs is 5. The van der Waals surface area contributed by atoms with Crippen LogP contribution < -0.4 is 9.64 Å². The zero-order valence-electron chi connectivity index (χ0n) is 39.0. The Morgan fingerprint density at radius 2 is 1.46 bits per heavy atom. The molecule has 2 atom stereocenters. The third-order valence-electron chi connectivity index (χ3n) is 14.0. The highest BCUT2D eigenvalue weighted by Crippen LogP contribution is 2.53. The number of aliphatic carboxylic acids is 2. The van der Waals surface area contributed by atoms with Crippen LogP contribution in [0, 0.1) is 18.3 Å². The van der Waals surface area contributed by atoms with Crippen LogP contribution in [-0.4, -0.2) is 57.7 Å². The molecule has 0 radical (unpaired) electrons. The summed E-state index contributed by atoms with van der Waals surface area (Å²) in [6.45, 7) is 4.68. The Hall–Kier alpha value is -8.22. The monoisotopic (exact) mass is 912 g/mol. The van der Waals surface area contributed by atoms with Crippen LogP contribution in [0.3, 0.4) is 0 Å². The number of aryl methyl sites for hydroxylation is 1. The molecule has 7 aromatic rings. The van der Waals surface area contributed by atoms with Gasteiger partial charge in [-0.3, -0.25) is 9.59 Å². The van der Waals surface area contributed by atoms with Gasteiger partial charge in [-0.15, -0.1) is 0 Å². The molecule has 0 bridgehead atoms. The minimum Gasteiger partial charge on any atom is -0.508 e. The van der Waals surface area contributed by atoms with E-state index in [4.69, 9.17) is 4.74 Å². The van der Waals surface area contributed by atoms with E-state index in [-0.39, 0.29) is 31.7 Å². The number of ether oxygens (including phenoxy) is 1. The lowest BCUT2D eigenvalue weighted by atomic mass is 9.68. The quantitative estimate of drug-likeness (QED) is 0.0496. The smallest absolute Gasteiger partial charge is 0.309 e. The van der Waals surface area contributed by atoms with Gasteiger partial charge in [-0.1, -0.05) is 109 Å². The number of phenols is 1. The molecule has 344 valence electrons. The van der Waals surface area contributed by atoms with E-state index in [9.17, 15) is 30.2 Å². The standard InChI is InChI=1S/C60H53N3O6/c1-40-10-4-5-13-47(40)38-60(37-43-16-21-44-11-6-7-12-46(44)34-43)51-14-8-9-15-52(51)62(32-30-56(65)66)55(60)29-20-42(39-61)19-28-54-59(2,36-41-17-24-48(64)25-18-41)58-50-35-49(69-3)26-22-45(50)23-27-53(58)63(54)33-31-57(67)68/h4-29,34-35H,30-33,36-38H2,1-3H3,(H2-,64,65,66,67,68)/p+1. The number of benzene rings is 7. The van der Waals surface area contributed by atoms with E-state index < -0.39 is 22.8 Å². The maximum atomic E-state index is 12.3. The van der Waals surface area contributed by atoms with E-state index in [0.29, 0.717) is 30.6 Å². The lowest BCUT2D eigenvalue weighted by Gasteiger charge is -2.31. The third-order valence-corrected chi connectivity index (χ3v) is 14.0. The molecule has 69 heavy (non-hydrogen) atoms. The number of rotatable bonds is 16. The van der Waals surface area contributed by atoms with Crippen LogP contribution in [0.2, 0.25) is 0 Å². The first kappa shape index (κ1) is 45.9. The van der Waals surface area contributed by atoms with Crippen molar-refractivity contribution in [3.63, 3.8) is 0 Å². The van der Waals surface area contributed by atoms with E-state index in [0.717, 1.165) is 72.1 Å². The largest absolute Gasteiger partial charge is 0.508 e. The van der Waals surface area contributed by atoms with Crippen LogP contribution in [0.5, 0.6) is 11.5 Å². The fraction of sp³-hybridized carbons (Fsp3) is 0.200. The Balaban J connectivity index is 1.23. The van der Waals surface area contributed by atoms with Crippen molar-refractivity contribution in [2.24, 2.45) is 0 Å². The van der Waals surface area contributed by atoms with Crippen LogP contribution in [0.25, 0.3) is 21.5 Å². The van der Waals surface area contributed by atoms with Gasteiger partial charge in [0, 0.05) is 41.1 Å². The molecule has 0 fully saturated rings. The fourth-order valence-electron chi connectivity index (χ4n) is 10.8. The van der Waals surface area contributed by atoms with Gasteiger partial charge in [0.1, 0.15) is 17.9 Å². The summed E-state index contributed by atoms with van der Waals surface area (Å²) in [4.78, 5) is 26.6. The second-order valence-corrected chi connectivity index (χ2v) is 18.4. The summed E-state index contributed by atoms with van der Waals surface area (Å²) in [5.74, 6) is -0.987. The summed E-state index contributed by atoms with van der Waals surface area (Å²) in [5.41, 5.74) is 8.96. The van der Waals surface area contributed by atoms with Crippen molar-refractivity contribution in [1.82, 2.24) is 0 Å². The highest BCUT2D eigenvalue weighted by Gasteiger charge is 2.51. The van der Waals surface area contributed by atoms with Crippen LogP contribution in [0.1, 0.15) is 53.1 Å². The molecule has 0 aliphatic carbocycles. The van der Waals surface area contributed by atoms with Crippen molar-refractivity contribution in [2.45, 2.75) is 56.8 Å². The molecule has 2 aliphatic heterocycles. The zero-order chi connectivity index (χ0) is 48.3. The lowest BCUT2D eigenvalue weighted by molar-refractivity contribution is -0.436. The first-order chi connectivity index (χ1) is 33.4. The normalized spacial score (nSPS) is 18.3. The number of hydrogen-bond acceptors (Lipinski definition) is 6. The molecule has 9 heteroatoms. The molecule has 2 heterocycles. The highest BCUT2D eigenvalue weighted by atomic mass is 16.5. The highest BCUT2D eigenvalue weighted by molar-refractivity contribution is 6.05. The zero-order valence-corrected chi connectivity index (χ0v) is 39.0. The first-order valence-electron chi connectivity index (χ1n) is 23.3. The Morgan fingerprint density at radius 1 is 0.768 bits per heavy atom. The number of carbonyl (C=O) groups is 2. The van der Waals surface area contributed by atoms with Gasteiger partial charge in [0.25, 0.3) is 0 Å². The number of nitriles is 1. The third kappa shape index (κ3) is 9.02. The average Bonchev–Trinajstić information content (AvgIpc) is 3.74. The molecule has 0 saturated heterocycles. The Kier molecular flexibility index (Phi) is 12.8. The maximum absolute atomic E-state index is 12.3. The van der Waals surface area contributed by atoms with Gasteiger partial charge in [-0.25, -0.2) is 0 Å². The summed E-state index contributed by atoms with van der Waals surface area (Å²) >= 11 is 0. The minimum atomic E-state index is -0.929. The topological polar surface area (TPSA) is 134 Å². The molecule has 2 unspecified atom stereocenters. The Bertz CT molecular complexity index is 3320. The minimum absolute atomic E-state index is 0.0952. The molecule has 2 aliphatic rings. The van der Waals surface area contributed by atoms with Crippen LogP contribution in [0.15, 0.2) is 181 Å². The molecule has 9 rings (SSSR count). The number of aromatic hydroxyl groups is 1. The SMILES string of the molecule is COc1ccc2ccc3c(c2c1)C(C)(Cc1ccc(O)cc1)\C(=C/C=C(C#N)/C=C/C1=[N+](CCC(=O)O)c2ccccc2C1(Cc1ccc2ccccc2c1)Cc1ccccc1C)N3CCC(=O)O. The van der Waals surface area contributed by atoms with E-state index in [1.165, 1.54) is 5.56 Å². The van der Waals surface area contributed by atoms with E-state index >= 15 is 0 Å². The molecule has 0 amide bonds. The maximum Gasteiger partial charge on any atom is 0.309 e. The van der Waals surface area contributed by atoms with Gasteiger partial charge < -0.3 is 25.0 Å². The van der Waals surface area contributed by atoms with Gasteiger partial charge in [-0.2, -0.15) is 9.84 Å². The molecule has 3 N–H and O–H groups in total. The van der Waals surface area contributed by atoms with Crippen LogP contribution >= 0.6 is 0 Å². The molecule has 9 nitrogen and oxygen atoms in total. The number of carboxylic acids is 2. The van der Waals surface area contributed by atoms with E-state index in [1.807, 2.05) is 91.0 Å². The first-order valence-corrected chi connectivity index (χ1v) is 23.3. The second kappa shape index (κ2) is 19.2. The van der Waals surface area contributed by atoms with Crippen molar-refractivity contribution in [1.29, 1.82) is 5.26 Å². The number of carboxylic acid groups (broad SMARTS) is 2. The van der Waals surface area contributed by atoms with Gasteiger partial charge in [-0.05, 0) is 131 Å². The molecule has 0 saturated carbocycles. The van der Waals surface area contributed by atoms with Gasteiger partial charge in [0.05, 0.1) is 30.6 Å². The second-order valence-electron chi connectivity index (χ2n) is 18.4. The average molecular weight is 913 g/mol. The molecule has 7 aromatic carbocycles. The summed E-state index contributed by atoms with van der Waals surface area (Å²) in [6, 6.07) is 51.2.